The van der Waals surface area contributed by atoms with E-state index in [1.807, 2.05) is 13.8 Å². The van der Waals surface area contributed by atoms with E-state index in [2.05, 4.69) is 10.6 Å². The summed E-state index contributed by atoms with van der Waals surface area (Å²) >= 11 is 0. The van der Waals surface area contributed by atoms with Gasteiger partial charge in [-0.1, -0.05) is 13.8 Å². The first-order valence-corrected chi connectivity index (χ1v) is 5.18. The zero-order valence-electron chi connectivity index (χ0n) is 9.45. The molecule has 0 spiro atoms. The summed E-state index contributed by atoms with van der Waals surface area (Å²) in [6, 6.07) is 3.16. The molecule has 1 aromatic rings. The molecule has 1 heterocycles. The van der Waals surface area contributed by atoms with Gasteiger partial charge in [0.2, 0.25) is 5.91 Å². The smallest absolute Gasteiger partial charge is 0.287 e. The summed E-state index contributed by atoms with van der Waals surface area (Å²) in [7, 11) is 0. The molecule has 5 nitrogen and oxygen atoms in total. The van der Waals surface area contributed by atoms with E-state index in [1.165, 1.54) is 6.26 Å². The van der Waals surface area contributed by atoms with Gasteiger partial charge in [0.25, 0.3) is 5.91 Å². The standard InChI is InChI=1S/C11H16N2O3/c1-8(2)6-12-10(14)7-13-11(15)9-4-3-5-16-9/h3-5,8H,6-7H2,1-2H3,(H,12,14)(H,13,15). The molecule has 1 aromatic heterocycles. The van der Waals surface area contributed by atoms with Gasteiger partial charge in [-0.3, -0.25) is 9.59 Å². The highest BCUT2D eigenvalue weighted by atomic mass is 16.3. The Bertz CT molecular complexity index is 344. The van der Waals surface area contributed by atoms with Crippen molar-refractivity contribution in [1.82, 2.24) is 10.6 Å². The predicted molar refractivity (Wildman–Crippen MR) is 58.9 cm³/mol. The first-order valence-electron chi connectivity index (χ1n) is 5.18. The molecule has 88 valence electrons. The molecule has 0 atom stereocenters. The Morgan fingerprint density at radius 3 is 2.69 bits per heavy atom. The molecular formula is C11H16N2O3. The predicted octanol–water partition coefficient (Wildman–Crippen LogP) is 0.782. The van der Waals surface area contributed by atoms with Crippen LogP contribution in [0.5, 0.6) is 0 Å². The molecule has 2 N–H and O–H groups in total. The zero-order valence-corrected chi connectivity index (χ0v) is 9.45. The van der Waals surface area contributed by atoms with Crippen LogP contribution in [0.2, 0.25) is 0 Å². The van der Waals surface area contributed by atoms with Crippen LogP contribution in [0, 0.1) is 5.92 Å². The van der Waals surface area contributed by atoms with Gasteiger partial charge in [-0.15, -0.1) is 0 Å². The Balaban J connectivity index is 2.24. The van der Waals surface area contributed by atoms with Crippen LogP contribution in [0.3, 0.4) is 0 Å². The van der Waals surface area contributed by atoms with Crippen molar-refractivity contribution in [2.24, 2.45) is 5.92 Å². The lowest BCUT2D eigenvalue weighted by atomic mass is 10.2. The molecule has 5 heteroatoms. The number of furan rings is 1. The zero-order chi connectivity index (χ0) is 12.0. The number of carbonyl (C=O) groups is 2. The van der Waals surface area contributed by atoms with Crippen molar-refractivity contribution < 1.29 is 14.0 Å². The summed E-state index contributed by atoms with van der Waals surface area (Å²) in [6.45, 7) is 4.57. The van der Waals surface area contributed by atoms with Crippen LogP contribution in [0.4, 0.5) is 0 Å². The van der Waals surface area contributed by atoms with Crippen molar-refractivity contribution in [3.8, 4) is 0 Å². The molecule has 0 saturated heterocycles. The highest BCUT2D eigenvalue weighted by Crippen LogP contribution is 1.98. The molecule has 0 aliphatic heterocycles. The van der Waals surface area contributed by atoms with Crippen LogP contribution in [-0.4, -0.2) is 24.9 Å². The number of hydrogen-bond donors (Lipinski definition) is 2. The molecule has 0 aromatic carbocycles. The molecule has 1 rings (SSSR count). The third-order valence-corrected chi connectivity index (χ3v) is 1.86. The van der Waals surface area contributed by atoms with Gasteiger partial charge in [-0.2, -0.15) is 0 Å². The normalized spacial score (nSPS) is 10.2. The van der Waals surface area contributed by atoms with Crippen molar-refractivity contribution in [2.75, 3.05) is 13.1 Å². The second kappa shape index (κ2) is 5.95. The molecule has 0 saturated carbocycles. The quantitative estimate of drug-likeness (QED) is 0.776. The lowest BCUT2D eigenvalue weighted by molar-refractivity contribution is -0.120. The fourth-order valence-electron chi connectivity index (χ4n) is 1.04. The molecule has 0 fully saturated rings. The number of rotatable bonds is 5. The van der Waals surface area contributed by atoms with Crippen molar-refractivity contribution in [2.45, 2.75) is 13.8 Å². The summed E-state index contributed by atoms with van der Waals surface area (Å²) in [5, 5.41) is 5.16. The van der Waals surface area contributed by atoms with Gasteiger partial charge in [0.15, 0.2) is 5.76 Å². The Kier molecular flexibility index (Phi) is 4.57. The molecule has 0 aliphatic carbocycles. The van der Waals surface area contributed by atoms with Crippen LogP contribution in [0.15, 0.2) is 22.8 Å². The van der Waals surface area contributed by atoms with Gasteiger partial charge in [0.1, 0.15) is 0 Å². The summed E-state index contributed by atoms with van der Waals surface area (Å²) in [5.41, 5.74) is 0. The van der Waals surface area contributed by atoms with E-state index in [0.29, 0.717) is 12.5 Å². The summed E-state index contributed by atoms with van der Waals surface area (Å²) in [6.07, 6.45) is 1.41. The van der Waals surface area contributed by atoms with E-state index in [1.54, 1.807) is 12.1 Å². The fourth-order valence-corrected chi connectivity index (χ4v) is 1.04. The number of hydrogen-bond acceptors (Lipinski definition) is 3. The van der Waals surface area contributed by atoms with Crippen LogP contribution >= 0.6 is 0 Å². The van der Waals surface area contributed by atoms with Crippen molar-refractivity contribution in [1.29, 1.82) is 0 Å². The fraction of sp³-hybridized carbons (Fsp3) is 0.455. The minimum atomic E-state index is -0.385. The lowest BCUT2D eigenvalue weighted by Crippen LogP contribution is -2.38. The molecule has 0 aliphatic rings. The third kappa shape index (κ3) is 4.16. The third-order valence-electron chi connectivity index (χ3n) is 1.86. The maximum absolute atomic E-state index is 11.4. The Labute approximate surface area is 94.2 Å². The monoisotopic (exact) mass is 224 g/mol. The van der Waals surface area contributed by atoms with E-state index in [4.69, 9.17) is 4.42 Å². The van der Waals surface area contributed by atoms with Gasteiger partial charge in [0, 0.05) is 6.54 Å². The van der Waals surface area contributed by atoms with Crippen molar-refractivity contribution in [3.05, 3.63) is 24.2 Å². The first-order chi connectivity index (χ1) is 7.59. The first kappa shape index (κ1) is 12.3. The summed E-state index contributed by atoms with van der Waals surface area (Å²) in [4.78, 5) is 22.6. The van der Waals surface area contributed by atoms with Gasteiger partial charge in [0.05, 0.1) is 12.8 Å². The van der Waals surface area contributed by atoms with Gasteiger partial charge >= 0.3 is 0 Å². The van der Waals surface area contributed by atoms with Crippen LogP contribution < -0.4 is 10.6 Å². The average Bonchev–Trinajstić information content (AvgIpc) is 2.76. The Hall–Kier alpha value is -1.78. The van der Waals surface area contributed by atoms with E-state index < -0.39 is 0 Å². The Morgan fingerprint density at radius 1 is 1.38 bits per heavy atom. The molecular weight excluding hydrogens is 208 g/mol. The van der Waals surface area contributed by atoms with Crippen LogP contribution in [-0.2, 0) is 4.79 Å². The largest absolute Gasteiger partial charge is 0.459 e. The van der Waals surface area contributed by atoms with E-state index in [9.17, 15) is 9.59 Å². The topological polar surface area (TPSA) is 71.3 Å². The molecule has 16 heavy (non-hydrogen) atoms. The SMILES string of the molecule is CC(C)CNC(=O)CNC(=O)c1ccco1. The minimum absolute atomic E-state index is 0.0355. The van der Waals surface area contributed by atoms with E-state index in [0.717, 1.165) is 0 Å². The lowest BCUT2D eigenvalue weighted by Gasteiger charge is -2.07. The maximum Gasteiger partial charge on any atom is 0.287 e. The molecule has 0 bridgehead atoms. The average molecular weight is 224 g/mol. The van der Waals surface area contributed by atoms with Gasteiger partial charge < -0.3 is 15.1 Å². The van der Waals surface area contributed by atoms with Crippen LogP contribution in [0.1, 0.15) is 24.4 Å². The van der Waals surface area contributed by atoms with Crippen molar-refractivity contribution in [3.63, 3.8) is 0 Å². The van der Waals surface area contributed by atoms with E-state index in [-0.39, 0.29) is 24.1 Å². The van der Waals surface area contributed by atoms with Gasteiger partial charge in [-0.25, -0.2) is 0 Å². The second-order valence-corrected chi connectivity index (χ2v) is 3.86. The van der Waals surface area contributed by atoms with Crippen molar-refractivity contribution >= 4 is 11.8 Å². The minimum Gasteiger partial charge on any atom is -0.459 e. The highest BCUT2D eigenvalue weighted by Gasteiger charge is 2.09. The second-order valence-electron chi connectivity index (χ2n) is 3.86. The number of nitrogens with one attached hydrogen (secondary N) is 2. The summed E-state index contributed by atoms with van der Waals surface area (Å²) < 4.78 is 4.88. The highest BCUT2D eigenvalue weighted by molar-refractivity contribution is 5.94. The number of carbonyl (C=O) groups excluding carboxylic acids is 2. The summed E-state index contributed by atoms with van der Waals surface area (Å²) in [5.74, 6) is 0.0136. The maximum atomic E-state index is 11.4. The molecule has 2 amide bonds. The van der Waals surface area contributed by atoms with Gasteiger partial charge in [-0.05, 0) is 18.1 Å². The molecule has 0 radical (unpaired) electrons. The van der Waals surface area contributed by atoms with E-state index >= 15 is 0 Å². The van der Waals surface area contributed by atoms with Crippen LogP contribution in [0.25, 0.3) is 0 Å². The Morgan fingerprint density at radius 2 is 2.12 bits per heavy atom. The molecule has 0 unspecified atom stereocenters. The number of amides is 2.